The first-order chi connectivity index (χ1) is 8.13. The summed E-state index contributed by atoms with van der Waals surface area (Å²) in [4.78, 5) is 10.9. The van der Waals surface area contributed by atoms with Crippen molar-refractivity contribution >= 4 is 5.97 Å². The Bertz CT molecular complexity index is 414. The number of aromatic carboxylic acids is 1. The van der Waals surface area contributed by atoms with Gasteiger partial charge in [-0.05, 0) is 25.7 Å². The zero-order chi connectivity index (χ0) is 12.4. The molecule has 0 bridgehead atoms. The first-order valence-corrected chi connectivity index (χ1v) is 6.28. The maximum Gasteiger partial charge on any atom is 0.358 e. The molecule has 1 aromatic rings. The van der Waals surface area contributed by atoms with Crippen molar-refractivity contribution in [1.82, 2.24) is 15.0 Å². The minimum absolute atomic E-state index is 0.0867. The molecule has 5 heteroatoms. The molecule has 2 unspecified atom stereocenters. The van der Waals surface area contributed by atoms with Crippen LogP contribution in [-0.2, 0) is 0 Å². The second-order valence-corrected chi connectivity index (χ2v) is 4.87. The van der Waals surface area contributed by atoms with E-state index < -0.39 is 5.97 Å². The number of carboxylic acids is 1. The number of hydrogen-bond donors (Lipinski definition) is 1. The number of carbonyl (C=O) groups is 1. The van der Waals surface area contributed by atoms with Crippen LogP contribution >= 0.6 is 0 Å². The Balaban J connectivity index is 2.19. The molecule has 1 saturated carbocycles. The van der Waals surface area contributed by atoms with Crippen LogP contribution < -0.4 is 0 Å². The fraction of sp³-hybridized carbons (Fsp3) is 0.750. The van der Waals surface area contributed by atoms with E-state index in [0.29, 0.717) is 11.7 Å². The number of rotatable bonds is 3. The molecule has 5 nitrogen and oxygen atoms in total. The normalized spacial score (nSPS) is 24.8. The van der Waals surface area contributed by atoms with Gasteiger partial charge >= 0.3 is 5.97 Å². The predicted molar refractivity (Wildman–Crippen MR) is 63.0 cm³/mol. The van der Waals surface area contributed by atoms with Gasteiger partial charge in [-0.2, -0.15) is 0 Å². The minimum atomic E-state index is -0.989. The van der Waals surface area contributed by atoms with Crippen LogP contribution in [-0.4, -0.2) is 26.1 Å². The molecule has 0 aromatic carbocycles. The van der Waals surface area contributed by atoms with Gasteiger partial charge in [0.25, 0.3) is 0 Å². The average Bonchev–Trinajstić information content (AvgIpc) is 2.71. The standard InChI is InChI=1S/C12H19N3O2/c1-3-9-5-4-6-10(7-9)15-8(2)11(12(16)17)13-14-15/h9-10H,3-7H2,1-2H3,(H,16,17). The Morgan fingerprint density at radius 1 is 1.53 bits per heavy atom. The molecule has 1 aliphatic carbocycles. The summed E-state index contributed by atoms with van der Waals surface area (Å²) in [5, 5.41) is 16.7. The Morgan fingerprint density at radius 2 is 2.29 bits per heavy atom. The third-order valence-electron chi connectivity index (χ3n) is 3.81. The van der Waals surface area contributed by atoms with E-state index in [1.165, 1.54) is 19.3 Å². The highest BCUT2D eigenvalue weighted by atomic mass is 16.4. The highest BCUT2D eigenvalue weighted by Crippen LogP contribution is 2.34. The van der Waals surface area contributed by atoms with Crippen molar-refractivity contribution in [2.45, 2.75) is 52.0 Å². The summed E-state index contributed by atoms with van der Waals surface area (Å²) in [6.07, 6.45) is 5.85. The Hall–Kier alpha value is -1.39. The molecule has 2 atom stereocenters. The maximum atomic E-state index is 10.9. The van der Waals surface area contributed by atoms with Crippen LogP contribution in [0.5, 0.6) is 0 Å². The number of hydrogen-bond acceptors (Lipinski definition) is 3. The summed E-state index contributed by atoms with van der Waals surface area (Å²) < 4.78 is 1.81. The summed E-state index contributed by atoms with van der Waals surface area (Å²) in [6.45, 7) is 4.00. The largest absolute Gasteiger partial charge is 0.476 e. The molecule has 1 fully saturated rings. The molecule has 94 valence electrons. The number of aromatic nitrogens is 3. The van der Waals surface area contributed by atoms with Gasteiger partial charge in [0.15, 0.2) is 5.69 Å². The molecular formula is C12H19N3O2. The summed E-state index contributed by atoms with van der Waals surface area (Å²) in [6, 6.07) is 0.328. The third-order valence-corrected chi connectivity index (χ3v) is 3.81. The fourth-order valence-electron chi connectivity index (χ4n) is 2.74. The van der Waals surface area contributed by atoms with Crippen LogP contribution in [0.15, 0.2) is 0 Å². The van der Waals surface area contributed by atoms with Crippen LogP contribution in [0, 0.1) is 12.8 Å². The lowest BCUT2D eigenvalue weighted by Gasteiger charge is -2.28. The van der Waals surface area contributed by atoms with Crippen molar-refractivity contribution in [2.75, 3.05) is 0 Å². The van der Waals surface area contributed by atoms with Gasteiger partial charge in [0, 0.05) is 0 Å². The fourth-order valence-corrected chi connectivity index (χ4v) is 2.74. The van der Waals surface area contributed by atoms with Gasteiger partial charge in [0.05, 0.1) is 11.7 Å². The lowest BCUT2D eigenvalue weighted by atomic mass is 9.84. The van der Waals surface area contributed by atoms with Crippen molar-refractivity contribution in [3.8, 4) is 0 Å². The molecular weight excluding hydrogens is 218 g/mol. The highest BCUT2D eigenvalue weighted by Gasteiger charge is 2.26. The zero-order valence-electron chi connectivity index (χ0n) is 10.4. The van der Waals surface area contributed by atoms with Crippen LogP contribution in [0.2, 0.25) is 0 Å². The van der Waals surface area contributed by atoms with Crippen LogP contribution in [0.1, 0.15) is 61.3 Å². The molecule has 0 saturated heterocycles. The average molecular weight is 237 g/mol. The molecule has 17 heavy (non-hydrogen) atoms. The van der Waals surface area contributed by atoms with Crippen LogP contribution in [0.3, 0.4) is 0 Å². The molecule has 0 aliphatic heterocycles. The Labute approximate surface area is 101 Å². The molecule has 1 aromatic heterocycles. The van der Waals surface area contributed by atoms with E-state index in [1.807, 2.05) is 4.68 Å². The smallest absolute Gasteiger partial charge is 0.358 e. The van der Waals surface area contributed by atoms with E-state index in [9.17, 15) is 4.79 Å². The van der Waals surface area contributed by atoms with Gasteiger partial charge in [0.1, 0.15) is 0 Å². The van der Waals surface area contributed by atoms with E-state index in [2.05, 4.69) is 17.2 Å². The van der Waals surface area contributed by atoms with Crippen molar-refractivity contribution in [3.05, 3.63) is 11.4 Å². The first-order valence-electron chi connectivity index (χ1n) is 6.28. The van der Waals surface area contributed by atoms with E-state index >= 15 is 0 Å². The van der Waals surface area contributed by atoms with Gasteiger partial charge in [-0.25, -0.2) is 9.48 Å². The van der Waals surface area contributed by atoms with Crippen molar-refractivity contribution in [3.63, 3.8) is 0 Å². The molecule has 0 radical (unpaired) electrons. The monoisotopic (exact) mass is 237 g/mol. The molecule has 1 aliphatic rings. The van der Waals surface area contributed by atoms with Gasteiger partial charge in [-0.1, -0.05) is 31.4 Å². The molecule has 0 spiro atoms. The second kappa shape index (κ2) is 4.85. The Morgan fingerprint density at radius 3 is 2.88 bits per heavy atom. The molecule has 0 amide bonds. The van der Waals surface area contributed by atoms with Gasteiger partial charge in [-0.3, -0.25) is 0 Å². The lowest BCUT2D eigenvalue weighted by molar-refractivity contribution is 0.0689. The van der Waals surface area contributed by atoms with E-state index in [-0.39, 0.29) is 5.69 Å². The summed E-state index contributed by atoms with van der Waals surface area (Å²) in [5.74, 6) is -0.248. The van der Waals surface area contributed by atoms with Crippen molar-refractivity contribution in [1.29, 1.82) is 0 Å². The quantitative estimate of drug-likeness (QED) is 0.876. The van der Waals surface area contributed by atoms with E-state index in [1.54, 1.807) is 6.92 Å². The zero-order valence-corrected chi connectivity index (χ0v) is 10.4. The second-order valence-electron chi connectivity index (χ2n) is 4.87. The topological polar surface area (TPSA) is 68.0 Å². The summed E-state index contributed by atoms with van der Waals surface area (Å²) in [7, 11) is 0. The van der Waals surface area contributed by atoms with Gasteiger partial charge < -0.3 is 5.11 Å². The highest BCUT2D eigenvalue weighted by molar-refractivity contribution is 5.86. The van der Waals surface area contributed by atoms with Crippen LogP contribution in [0.4, 0.5) is 0 Å². The van der Waals surface area contributed by atoms with Gasteiger partial charge in [-0.15, -0.1) is 5.10 Å². The first kappa shape index (κ1) is 12.1. The summed E-state index contributed by atoms with van der Waals surface area (Å²) >= 11 is 0. The van der Waals surface area contributed by atoms with E-state index in [4.69, 9.17) is 5.11 Å². The third kappa shape index (κ3) is 2.33. The van der Waals surface area contributed by atoms with Crippen LogP contribution in [0.25, 0.3) is 0 Å². The lowest BCUT2D eigenvalue weighted by Crippen LogP contribution is -2.21. The number of carboxylic acid groups (broad SMARTS) is 1. The number of nitrogens with zero attached hydrogens (tertiary/aromatic N) is 3. The predicted octanol–water partition coefficient (Wildman–Crippen LogP) is 2.43. The SMILES string of the molecule is CCC1CCCC(n2nnc(C(=O)O)c2C)C1. The van der Waals surface area contributed by atoms with Crippen molar-refractivity contribution in [2.24, 2.45) is 5.92 Å². The molecule has 1 heterocycles. The van der Waals surface area contributed by atoms with Crippen molar-refractivity contribution < 1.29 is 9.90 Å². The maximum absolute atomic E-state index is 10.9. The van der Waals surface area contributed by atoms with E-state index in [0.717, 1.165) is 18.8 Å². The molecule has 1 N–H and O–H groups in total. The Kier molecular flexibility index (Phi) is 3.45. The summed E-state index contributed by atoms with van der Waals surface area (Å²) in [5.41, 5.74) is 0.767. The minimum Gasteiger partial charge on any atom is -0.476 e. The van der Waals surface area contributed by atoms with Gasteiger partial charge in [0.2, 0.25) is 0 Å². The molecule has 2 rings (SSSR count).